The second-order valence-corrected chi connectivity index (χ2v) is 2.71. The minimum Gasteiger partial charge on any atom is -0.264 e. The highest BCUT2D eigenvalue weighted by Crippen LogP contribution is 2.13. The van der Waals surface area contributed by atoms with Crippen molar-refractivity contribution < 1.29 is 10.4 Å². The normalized spacial score (nSPS) is 9.92. The van der Waals surface area contributed by atoms with Crippen LogP contribution in [0.2, 0.25) is 0 Å². The molecule has 66 valence electrons. The molecule has 0 heterocycles. The summed E-state index contributed by atoms with van der Waals surface area (Å²) >= 11 is 0. The van der Waals surface area contributed by atoms with Gasteiger partial charge in [0.05, 0.1) is 5.69 Å². The lowest BCUT2D eigenvalue weighted by molar-refractivity contribution is 0.0291. The molecule has 0 bridgehead atoms. The second kappa shape index (κ2) is 4.09. The molecule has 0 atom stereocenters. The summed E-state index contributed by atoms with van der Waals surface area (Å²) in [6.45, 7) is 2.09. The van der Waals surface area contributed by atoms with E-state index in [-0.39, 0.29) is 5.23 Å². The van der Waals surface area contributed by atoms with Crippen LogP contribution in [0.5, 0.6) is 0 Å². The van der Waals surface area contributed by atoms with E-state index in [0.29, 0.717) is 5.69 Å². The first-order valence-electron chi connectivity index (χ1n) is 4.01. The monoisotopic (exact) mass is 167 g/mol. The molecule has 0 fully saturated rings. The SMILES string of the molecule is CCCc1cccc(N(O)O)c1. The summed E-state index contributed by atoms with van der Waals surface area (Å²) in [5.74, 6) is 0. The van der Waals surface area contributed by atoms with Gasteiger partial charge in [-0.2, -0.15) is 0 Å². The Morgan fingerprint density at radius 3 is 2.67 bits per heavy atom. The lowest BCUT2D eigenvalue weighted by Crippen LogP contribution is -2.10. The molecule has 0 unspecified atom stereocenters. The molecule has 1 aromatic carbocycles. The molecule has 0 saturated carbocycles. The van der Waals surface area contributed by atoms with Gasteiger partial charge in [0.25, 0.3) is 0 Å². The maximum Gasteiger partial charge on any atom is 0.0945 e. The number of aryl methyl sites for hydroxylation is 1. The first kappa shape index (κ1) is 9.03. The average molecular weight is 167 g/mol. The summed E-state index contributed by atoms with van der Waals surface area (Å²) in [5.41, 5.74) is 1.52. The van der Waals surface area contributed by atoms with Crippen molar-refractivity contribution in [3.05, 3.63) is 29.8 Å². The molecule has 3 heteroatoms. The van der Waals surface area contributed by atoms with Gasteiger partial charge >= 0.3 is 0 Å². The number of hydrogen-bond acceptors (Lipinski definition) is 3. The van der Waals surface area contributed by atoms with Crippen LogP contribution in [0.1, 0.15) is 18.9 Å². The van der Waals surface area contributed by atoms with Crippen molar-refractivity contribution in [2.75, 3.05) is 5.23 Å². The van der Waals surface area contributed by atoms with E-state index in [0.717, 1.165) is 18.4 Å². The molecule has 12 heavy (non-hydrogen) atoms. The molecule has 0 aliphatic heterocycles. The van der Waals surface area contributed by atoms with Crippen molar-refractivity contribution in [1.82, 2.24) is 0 Å². The molecule has 0 aliphatic carbocycles. The van der Waals surface area contributed by atoms with E-state index in [2.05, 4.69) is 6.92 Å². The summed E-state index contributed by atoms with van der Waals surface area (Å²) in [7, 11) is 0. The maximum absolute atomic E-state index is 8.71. The van der Waals surface area contributed by atoms with Crippen molar-refractivity contribution in [1.29, 1.82) is 0 Å². The predicted octanol–water partition coefficient (Wildman–Crippen LogP) is 2.22. The van der Waals surface area contributed by atoms with Gasteiger partial charge in [0.15, 0.2) is 0 Å². The number of hydrogen-bond donors (Lipinski definition) is 2. The zero-order chi connectivity index (χ0) is 8.97. The van der Waals surface area contributed by atoms with Crippen LogP contribution in [0.4, 0.5) is 5.69 Å². The molecule has 0 amide bonds. The summed E-state index contributed by atoms with van der Waals surface area (Å²) in [6, 6.07) is 7.17. The van der Waals surface area contributed by atoms with Gasteiger partial charge in [0.2, 0.25) is 0 Å². The molecule has 0 aliphatic rings. The van der Waals surface area contributed by atoms with E-state index < -0.39 is 0 Å². The van der Waals surface area contributed by atoms with Crippen LogP contribution in [0.25, 0.3) is 0 Å². The summed E-state index contributed by atoms with van der Waals surface area (Å²) < 4.78 is 0. The van der Waals surface area contributed by atoms with E-state index in [9.17, 15) is 0 Å². The van der Waals surface area contributed by atoms with Crippen LogP contribution in [0, 0.1) is 0 Å². The fourth-order valence-electron chi connectivity index (χ4n) is 1.13. The fraction of sp³-hybridized carbons (Fsp3) is 0.333. The molecule has 1 rings (SSSR count). The van der Waals surface area contributed by atoms with Crippen LogP contribution in [-0.2, 0) is 6.42 Å². The van der Waals surface area contributed by atoms with Crippen molar-refractivity contribution in [3.8, 4) is 0 Å². The molecule has 0 aromatic heterocycles. The lowest BCUT2D eigenvalue weighted by atomic mass is 10.1. The highest BCUT2D eigenvalue weighted by atomic mass is 16.8. The largest absolute Gasteiger partial charge is 0.264 e. The molecule has 0 saturated heterocycles. The van der Waals surface area contributed by atoms with Crippen molar-refractivity contribution in [2.45, 2.75) is 19.8 Å². The van der Waals surface area contributed by atoms with Gasteiger partial charge in [-0.05, 0) is 24.1 Å². The van der Waals surface area contributed by atoms with Crippen molar-refractivity contribution in [2.24, 2.45) is 0 Å². The van der Waals surface area contributed by atoms with Gasteiger partial charge in [-0.3, -0.25) is 10.4 Å². The third-order valence-corrected chi connectivity index (χ3v) is 1.68. The summed E-state index contributed by atoms with van der Waals surface area (Å²) in [6.07, 6.45) is 2.02. The minimum absolute atomic E-state index is 0.138. The fourth-order valence-corrected chi connectivity index (χ4v) is 1.13. The Morgan fingerprint density at radius 2 is 2.08 bits per heavy atom. The van der Waals surface area contributed by atoms with E-state index in [1.165, 1.54) is 0 Å². The summed E-state index contributed by atoms with van der Waals surface area (Å²) in [4.78, 5) is 0. The molecule has 1 aromatic rings. The molecule has 0 spiro atoms. The molecule has 0 radical (unpaired) electrons. The van der Waals surface area contributed by atoms with Gasteiger partial charge < -0.3 is 0 Å². The van der Waals surface area contributed by atoms with Crippen LogP contribution in [0.3, 0.4) is 0 Å². The average Bonchev–Trinajstić information content (AvgIpc) is 2.05. The predicted molar refractivity (Wildman–Crippen MR) is 46.5 cm³/mol. The van der Waals surface area contributed by atoms with Crippen molar-refractivity contribution >= 4 is 5.69 Å². The summed E-state index contributed by atoms with van der Waals surface area (Å²) in [5, 5.41) is 17.5. The molecule has 3 nitrogen and oxygen atoms in total. The number of nitrogens with zero attached hydrogens (tertiary/aromatic N) is 1. The van der Waals surface area contributed by atoms with E-state index in [4.69, 9.17) is 10.4 Å². The Balaban J connectivity index is 2.81. The third kappa shape index (κ3) is 2.22. The Kier molecular flexibility index (Phi) is 3.08. The quantitative estimate of drug-likeness (QED) is 0.678. The number of anilines is 1. The smallest absolute Gasteiger partial charge is 0.0945 e. The van der Waals surface area contributed by atoms with Gasteiger partial charge in [0.1, 0.15) is 0 Å². The van der Waals surface area contributed by atoms with Crippen LogP contribution < -0.4 is 5.23 Å². The topological polar surface area (TPSA) is 43.7 Å². The Morgan fingerprint density at radius 1 is 1.33 bits per heavy atom. The Labute approximate surface area is 71.8 Å². The van der Waals surface area contributed by atoms with Gasteiger partial charge in [-0.25, -0.2) is 0 Å². The highest BCUT2D eigenvalue weighted by Gasteiger charge is 1.98. The number of benzene rings is 1. The van der Waals surface area contributed by atoms with Gasteiger partial charge in [-0.1, -0.05) is 25.5 Å². The van der Waals surface area contributed by atoms with E-state index >= 15 is 0 Å². The molecular formula is C9H13NO2. The first-order valence-corrected chi connectivity index (χ1v) is 4.01. The Hall–Kier alpha value is -1.06. The third-order valence-electron chi connectivity index (χ3n) is 1.68. The molecule has 2 N–H and O–H groups in total. The highest BCUT2D eigenvalue weighted by molar-refractivity contribution is 5.43. The maximum atomic E-state index is 8.71. The standard InChI is InChI=1S/C9H13NO2/c1-2-4-8-5-3-6-9(7-8)10(11)12/h3,5-7,11-12H,2,4H2,1H3. The van der Waals surface area contributed by atoms with Crippen molar-refractivity contribution in [3.63, 3.8) is 0 Å². The number of rotatable bonds is 3. The zero-order valence-electron chi connectivity index (χ0n) is 7.07. The van der Waals surface area contributed by atoms with Gasteiger partial charge in [-0.15, -0.1) is 5.23 Å². The minimum atomic E-state index is 0.138. The Bertz CT molecular complexity index is 248. The van der Waals surface area contributed by atoms with E-state index in [1.807, 2.05) is 6.07 Å². The van der Waals surface area contributed by atoms with Crippen LogP contribution >= 0.6 is 0 Å². The van der Waals surface area contributed by atoms with Gasteiger partial charge in [0, 0.05) is 0 Å². The molecular weight excluding hydrogens is 154 g/mol. The van der Waals surface area contributed by atoms with Crippen LogP contribution in [-0.4, -0.2) is 10.4 Å². The lowest BCUT2D eigenvalue weighted by Gasteiger charge is -2.08. The first-order chi connectivity index (χ1) is 5.74. The zero-order valence-corrected chi connectivity index (χ0v) is 7.07. The van der Waals surface area contributed by atoms with E-state index in [1.54, 1.807) is 18.2 Å². The second-order valence-electron chi connectivity index (χ2n) is 2.71. The van der Waals surface area contributed by atoms with Crippen LogP contribution in [0.15, 0.2) is 24.3 Å².